The highest BCUT2D eigenvalue weighted by molar-refractivity contribution is 5.83. The van der Waals surface area contributed by atoms with E-state index in [-0.39, 0.29) is 11.8 Å². The molecule has 0 rings (SSSR count). The van der Waals surface area contributed by atoms with Gasteiger partial charge in [0.1, 0.15) is 6.04 Å². The quantitative estimate of drug-likeness (QED) is 0.329. The standard InChI is InChI=1S/C21H41NO3/c1-4-5-6-7-8-9-10-11-12-13-14-15-16-20(23)22-19(21(24)25)17-18(2)3/h18-19H,4-17H2,1-3H3,(H,22,23)(H,24,25). The first-order chi connectivity index (χ1) is 12.0. The van der Waals surface area contributed by atoms with Crippen LogP contribution in [0.15, 0.2) is 0 Å². The first-order valence-corrected chi connectivity index (χ1v) is 10.5. The van der Waals surface area contributed by atoms with Crippen LogP contribution in [0.4, 0.5) is 0 Å². The number of hydrogen-bond acceptors (Lipinski definition) is 2. The molecule has 0 aliphatic heterocycles. The summed E-state index contributed by atoms with van der Waals surface area (Å²) < 4.78 is 0. The number of carbonyl (C=O) groups excluding carboxylic acids is 1. The summed E-state index contributed by atoms with van der Waals surface area (Å²) in [4.78, 5) is 23.0. The molecule has 1 atom stereocenters. The average Bonchev–Trinajstić information content (AvgIpc) is 2.54. The molecule has 0 radical (unpaired) electrons. The van der Waals surface area contributed by atoms with E-state index in [9.17, 15) is 9.59 Å². The fourth-order valence-corrected chi connectivity index (χ4v) is 3.09. The van der Waals surface area contributed by atoms with Gasteiger partial charge in [-0.1, -0.05) is 91.4 Å². The van der Waals surface area contributed by atoms with E-state index in [1.807, 2.05) is 13.8 Å². The zero-order valence-corrected chi connectivity index (χ0v) is 16.8. The van der Waals surface area contributed by atoms with Crippen molar-refractivity contribution in [3.05, 3.63) is 0 Å². The van der Waals surface area contributed by atoms with E-state index in [2.05, 4.69) is 12.2 Å². The lowest BCUT2D eigenvalue weighted by Crippen LogP contribution is -2.41. The van der Waals surface area contributed by atoms with E-state index >= 15 is 0 Å². The van der Waals surface area contributed by atoms with E-state index < -0.39 is 12.0 Å². The van der Waals surface area contributed by atoms with E-state index in [0.29, 0.717) is 12.8 Å². The Morgan fingerprint density at radius 2 is 1.24 bits per heavy atom. The molecule has 2 N–H and O–H groups in total. The molecular formula is C21H41NO3. The molecule has 4 nitrogen and oxygen atoms in total. The summed E-state index contributed by atoms with van der Waals surface area (Å²) in [5.41, 5.74) is 0. The number of hydrogen-bond donors (Lipinski definition) is 2. The van der Waals surface area contributed by atoms with Crippen molar-refractivity contribution in [3.63, 3.8) is 0 Å². The van der Waals surface area contributed by atoms with Crippen LogP contribution in [0, 0.1) is 5.92 Å². The third kappa shape index (κ3) is 16.2. The lowest BCUT2D eigenvalue weighted by molar-refractivity contribution is -0.142. The van der Waals surface area contributed by atoms with Crippen molar-refractivity contribution in [2.45, 2.75) is 117 Å². The van der Waals surface area contributed by atoms with Crippen LogP contribution in [-0.4, -0.2) is 23.0 Å². The molecule has 0 aliphatic rings. The predicted molar refractivity (Wildman–Crippen MR) is 105 cm³/mol. The topological polar surface area (TPSA) is 66.4 Å². The SMILES string of the molecule is CCCCCCCCCCCCCCC(=O)NC(CC(C)C)C(=O)O. The fourth-order valence-electron chi connectivity index (χ4n) is 3.09. The Balaban J connectivity index is 3.49. The third-order valence-corrected chi connectivity index (χ3v) is 4.60. The Bertz CT molecular complexity index is 342. The van der Waals surface area contributed by atoms with E-state index in [0.717, 1.165) is 12.8 Å². The highest BCUT2D eigenvalue weighted by Gasteiger charge is 2.20. The minimum Gasteiger partial charge on any atom is -0.480 e. The lowest BCUT2D eigenvalue weighted by Gasteiger charge is -2.16. The van der Waals surface area contributed by atoms with Crippen LogP contribution in [0.25, 0.3) is 0 Å². The number of amides is 1. The summed E-state index contributed by atoms with van der Waals surface area (Å²) in [5.74, 6) is -0.801. The van der Waals surface area contributed by atoms with Gasteiger partial charge in [-0.05, 0) is 18.8 Å². The molecule has 0 fully saturated rings. The molecular weight excluding hydrogens is 314 g/mol. The zero-order chi connectivity index (χ0) is 18.9. The van der Waals surface area contributed by atoms with Crippen LogP contribution in [0.3, 0.4) is 0 Å². The Labute approximate surface area is 155 Å². The number of rotatable bonds is 17. The van der Waals surface area contributed by atoms with Crippen molar-refractivity contribution in [2.24, 2.45) is 5.92 Å². The van der Waals surface area contributed by atoms with Crippen LogP contribution in [0.1, 0.15) is 111 Å². The smallest absolute Gasteiger partial charge is 0.326 e. The van der Waals surface area contributed by atoms with Crippen molar-refractivity contribution in [3.8, 4) is 0 Å². The van der Waals surface area contributed by atoms with E-state index in [1.165, 1.54) is 64.2 Å². The Kier molecular flexibility index (Phi) is 15.7. The molecule has 0 aliphatic carbocycles. The molecule has 0 aromatic rings. The molecule has 4 heteroatoms. The largest absolute Gasteiger partial charge is 0.480 e. The van der Waals surface area contributed by atoms with Crippen molar-refractivity contribution >= 4 is 11.9 Å². The molecule has 25 heavy (non-hydrogen) atoms. The average molecular weight is 356 g/mol. The monoisotopic (exact) mass is 355 g/mol. The number of unbranched alkanes of at least 4 members (excludes halogenated alkanes) is 11. The summed E-state index contributed by atoms with van der Waals surface area (Å²) in [7, 11) is 0. The van der Waals surface area contributed by atoms with Crippen LogP contribution >= 0.6 is 0 Å². The molecule has 1 unspecified atom stereocenters. The molecule has 148 valence electrons. The first kappa shape index (κ1) is 23.9. The molecule has 1 amide bonds. The maximum absolute atomic E-state index is 11.8. The van der Waals surface area contributed by atoms with Crippen molar-refractivity contribution in [1.29, 1.82) is 0 Å². The van der Waals surface area contributed by atoms with Gasteiger partial charge in [0, 0.05) is 6.42 Å². The zero-order valence-electron chi connectivity index (χ0n) is 16.8. The molecule has 0 saturated heterocycles. The van der Waals surface area contributed by atoms with Crippen LogP contribution < -0.4 is 5.32 Å². The van der Waals surface area contributed by atoms with Gasteiger partial charge < -0.3 is 10.4 Å². The molecule has 0 aromatic heterocycles. The van der Waals surface area contributed by atoms with Gasteiger partial charge in [0.15, 0.2) is 0 Å². The molecule has 0 heterocycles. The van der Waals surface area contributed by atoms with Gasteiger partial charge in [-0.15, -0.1) is 0 Å². The number of nitrogens with one attached hydrogen (secondary N) is 1. The Hall–Kier alpha value is -1.06. The van der Waals surface area contributed by atoms with Gasteiger partial charge in [-0.2, -0.15) is 0 Å². The minimum absolute atomic E-state index is 0.125. The van der Waals surface area contributed by atoms with Gasteiger partial charge in [0.2, 0.25) is 5.91 Å². The van der Waals surface area contributed by atoms with Gasteiger partial charge in [-0.25, -0.2) is 4.79 Å². The van der Waals surface area contributed by atoms with Gasteiger partial charge in [0.25, 0.3) is 0 Å². The Morgan fingerprint density at radius 1 is 0.800 bits per heavy atom. The number of carbonyl (C=O) groups is 2. The predicted octanol–water partition coefficient (Wildman–Crippen LogP) is 5.69. The van der Waals surface area contributed by atoms with Crippen LogP contribution in [0.5, 0.6) is 0 Å². The van der Waals surface area contributed by atoms with E-state index in [1.54, 1.807) is 0 Å². The molecule has 0 aromatic carbocycles. The molecule has 0 spiro atoms. The normalized spacial score (nSPS) is 12.3. The molecule has 0 saturated carbocycles. The van der Waals surface area contributed by atoms with Gasteiger partial charge in [-0.3, -0.25) is 4.79 Å². The highest BCUT2D eigenvalue weighted by Crippen LogP contribution is 2.12. The summed E-state index contributed by atoms with van der Waals surface area (Å²) in [6, 6.07) is -0.746. The summed E-state index contributed by atoms with van der Waals surface area (Å²) >= 11 is 0. The summed E-state index contributed by atoms with van der Waals surface area (Å²) in [6.45, 7) is 6.18. The minimum atomic E-state index is -0.934. The maximum atomic E-state index is 11.8. The fraction of sp³-hybridized carbons (Fsp3) is 0.905. The van der Waals surface area contributed by atoms with Gasteiger partial charge >= 0.3 is 5.97 Å². The maximum Gasteiger partial charge on any atom is 0.326 e. The third-order valence-electron chi connectivity index (χ3n) is 4.60. The summed E-state index contributed by atoms with van der Waals surface area (Å²) in [5, 5.41) is 11.8. The second-order valence-electron chi connectivity index (χ2n) is 7.73. The molecule has 0 bridgehead atoms. The first-order valence-electron chi connectivity index (χ1n) is 10.5. The number of aliphatic carboxylic acids is 1. The highest BCUT2D eigenvalue weighted by atomic mass is 16.4. The summed E-state index contributed by atoms with van der Waals surface area (Å²) in [6.07, 6.45) is 16.1. The van der Waals surface area contributed by atoms with E-state index in [4.69, 9.17) is 5.11 Å². The van der Waals surface area contributed by atoms with Crippen LogP contribution in [-0.2, 0) is 9.59 Å². The lowest BCUT2D eigenvalue weighted by atomic mass is 10.0. The van der Waals surface area contributed by atoms with Crippen molar-refractivity contribution < 1.29 is 14.7 Å². The van der Waals surface area contributed by atoms with Crippen molar-refractivity contribution in [2.75, 3.05) is 0 Å². The van der Waals surface area contributed by atoms with Gasteiger partial charge in [0.05, 0.1) is 0 Å². The number of carboxylic acids is 1. The second kappa shape index (κ2) is 16.4. The second-order valence-corrected chi connectivity index (χ2v) is 7.73. The van der Waals surface area contributed by atoms with Crippen molar-refractivity contribution in [1.82, 2.24) is 5.32 Å². The van der Waals surface area contributed by atoms with Crippen LogP contribution in [0.2, 0.25) is 0 Å². The number of carboxylic acid groups (broad SMARTS) is 1. The Morgan fingerprint density at radius 3 is 1.64 bits per heavy atom.